The van der Waals surface area contributed by atoms with Gasteiger partial charge in [-0.25, -0.2) is 8.42 Å². The van der Waals surface area contributed by atoms with E-state index in [1.807, 2.05) is 31.2 Å². The van der Waals surface area contributed by atoms with E-state index in [-0.39, 0.29) is 23.1 Å². The summed E-state index contributed by atoms with van der Waals surface area (Å²) in [7, 11) is -3.79. The lowest BCUT2D eigenvalue weighted by Gasteiger charge is -2.11. The number of hydrogen-bond acceptors (Lipinski definition) is 6. The van der Waals surface area contributed by atoms with E-state index in [2.05, 4.69) is 10.2 Å². The van der Waals surface area contributed by atoms with Crippen molar-refractivity contribution < 1.29 is 13.2 Å². The smallest absolute Gasteiger partial charge is 0.250 e. The molecule has 3 aromatic rings. The summed E-state index contributed by atoms with van der Waals surface area (Å²) >= 11 is 0. The number of nitrogens with two attached hydrogens (primary N) is 1. The van der Waals surface area contributed by atoms with Crippen molar-refractivity contribution in [3.05, 3.63) is 77.1 Å². The number of sulfone groups is 1. The van der Waals surface area contributed by atoms with Crippen LogP contribution in [-0.2, 0) is 22.8 Å². The monoisotopic (exact) mass is 412 g/mol. The molecule has 0 amide bonds. The predicted molar refractivity (Wildman–Crippen MR) is 111 cm³/mol. The Morgan fingerprint density at radius 1 is 1.03 bits per heavy atom. The Hall–Kier alpha value is -2.84. The highest BCUT2D eigenvalue weighted by Crippen LogP contribution is 2.17. The highest BCUT2D eigenvalue weighted by Gasteiger charge is 2.25. The first kappa shape index (κ1) is 20.9. The second kappa shape index (κ2) is 9.11. The van der Waals surface area contributed by atoms with Crippen LogP contribution < -0.4 is 5.73 Å². The third kappa shape index (κ3) is 5.16. The van der Waals surface area contributed by atoms with Gasteiger partial charge in [-0.05, 0) is 19.0 Å². The van der Waals surface area contributed by atoms with E-state index in [9.17, 15) is 13.2 Å². The van der Waals surface area contributed by atoms with Crippen molar-refractivity contribution in [1.29, 1.82) is 0 Å². The minimum atomic E-state index is -3.79. The maximum Gasteiger partial charge on any atom is 0.250 e. The molecule has 7 nitrogen and oxygen atoms in total. The lowest BCUT2D eigenvalue weighted by molar-refractivity contribution is 0.0988. The van der Waals surface area contributed by atoms with Crippen molar-refractivity contribution >= 4 is 15.6 Å². The summed E-state index contributed by atoms with van der Waals surface area (Å²) < 4.78 is 27.5. The van der Waals surface area contributed by atoms with E-state index >= 15 is 0 Å². The molecule has 0 saturated carbocycles. The molecular formula is C21H24N4O3S. The summed E-state index contributed by atoms with van der Waals surface area (Å²) in [6.45, 7) is 2.64. The first-order valence-electron chi connectivity index (χ1n) is 9.39. The Morgan fingerprint density at radius 3 is 2.38 bits per heavy atom. The fourth-order valence-electron chi connectivity index (χ4n) is 2.98. The number of benzene rings is 2. The largest absolute Gasteiger partial charge is 0.330 e. The van der Waals surface area contributed by atoms with E-state index in [1.54, 1.807) is 34.9 Å². The van der Waals surface area contributed by atoms with Gasteiger partial charge in [-0.15, -0.1) is 10.2 Å². The SMILES string of the molecule is Cc1ccc(Cn2c(CCN)nnc2S(=O)(=O)CCC(=O)c2ccccc2)cc1. The molecule has 29 heavy (non-hydrogen) atoms. The van der Waals surface area contributed by atoms with Gasteiger partial charge in [0.05, 0.1) is 12.3 Å². The Morgan fingerprint density at radius 2 is 1.72 bits per heavy atom. The van der Waals surface area contributed by atoms with Crippen LogP contribution in [0.5, 0.6) is 0 Å². The van der Waals surface area contributed by atoms with Crippen LogP contribution in [-0.4, -0.2) is 41.3 Å². The summed E-state index contributed by atoms with van der Waals surface area (Å²) in [5.74, 6) is -0.0305. The number of Topliss-reactive ketones (excluding diaryl/α,β-unsaturated/α-hetero) is 1. The number of aryl methyl sites for hydroxylation is 1. The molecule has 0 aliphatic rings. The molecule has 0 radical (unpaired) electrons. The van der Waals surface area contributed by atoms with Crippen molar-refractivity contribution in [2.45, 2.75) is 31.5 Å². The van der Waals surface area contributed by atoms with E-state index in [1.165, 1.54) is 0 Å². The molecule has 0 fully saturated rings. The molecule has 0 aliphatic heterocycles. The predicted octanol–water partition coefficient (Wildman–Crippen LogP) is 2.18. The van der Waals surface area contributed by atoms with E-state index in [0.29, 0.717) is 30.9 Å². The van der Waals surface area contributed by atoms with Crippen LogP contribution in [0.25, 0.3) is 0 Å². The molecule has 8 heteroatoms. The molecule has 0 saturated heterocycles. The Balaban J connectivity index is 1.84. The van der Waals surface area contributed by atoms with Crippen LogP contribution in [0.1, 0.15) is 33.7 Å². The number of aromatic nitrogens is 3. The average molecular weight is 413 g/mol. The van der Waals surface area contributed by atoms with E-state index < -0.39 is 9.84 Å². The summed E-state index contributed by atoms with van der Waals surface area (Å²) in [5.41, 5.74) is 8.19. The molecule has 0 aliphatic carbocycles. The topological polar surface area (TPSA) is 108 Å². The number of carbonyl (C=O) groups is 1. The number of ketones is 1. The molecule has 2 N–H and O–H groups in total. The highest BCUT2D eigenvalue weighted by atomic mass is 32.2. The molecule has 3 rings (SSSR count). The van der Waals surface area contributed by atoms with Gasteiger partial charge in [-0.1, -0.05) is 60.2 Å². The van der Waals surface area contributed by atoms with Crippen molar-refractivity contribution in [3.8, 4) is 0 Å². The molecule has 152 valence electrons. The first-order chi connectivity index (χ1) is 13.9. The maximum absolute atomic E-state index is 12.9. The molecule has 2 aromatic carbocycles. The van der Waals surface area contributed by atoms with Gasteiger partial charge in [0.15, 0.2) is 5.78 Å². The third-order valence-electron chi connectivity index (χ3n) is 4.59. The van der Waals surface area contributed by atoms with Gasteiger partial charge >= 0.3 is 0 Å². The van der Waals surface area contributed by atoms with Crippen LogP contribution >= 0.6 is 0 Å². The summed E-state index contributed by atoms with van der Waals surface area (Å²) in [4.78, 5) is 12.3. The zero-order valence-electron chi connectivity index (χ0n) is 16.3. The van der Waals surface area contributed by atoms with Crippen molar-refractivity contribution in [3.63, 3.8) is 0 Å². The fraction of sp³-hybridized carbons (Fsp3) is 0.286. The van der Waals surface area contributed by atoms with E-state index in [4.69, 9.17) is 5.73 Å². The van der Waals surface area contributed by atoms with Gasteiger partial charge in [0, 0.05) is 18.4 Å². The number of rotatable bonds is 9. The normalized spacial score (nSPS) is 11.5. The lowest BCUT2D eigenvalue weighted by atomic mass is 10.1. The molecule has 1 aromatic heterocycles. The van der Waals surface area contributed by atoms with Crippen LogP contribution in [0.2, 0.25) is 0 Å². The Labute approximate surface area is 170 Å². The second-order valence-electron chi connectivity index (χ2n) is 6.87. The van der Waals surface area contributed by atoms with Crippen molar-refractivity contribution in [2.24, 2.45) is 5.73 Å². The second-order valence-corrected chi connectivity index (χ2v) is 8.87. The summed E-state index contributed by atoms with van der Waals surface area (Å²) in [5, 5.41) is 7.85. The average Bonchev–Trinajstić information content (AvgIpc) is 3.12. The summed E-state index contributed by atoms with van der Waals surface area (Å²) in [6.07, 6.45) is 0.299. The van der Waals surface area contributed by atoms with Crippen LogP contribution in [0, 0.1) is 6.92 Å². The zero-order valence-corrected chi connectivity index (χ0v) is 17.1. The number of hydrogen-bond donors (Lipinski definition) is 1. The van der Waals surface area contributed by atoms with Gasteiger partial charge in [0.2, 0.25) is 15.0 Å². The van der Waals surface area contributed by atoms with Crippen LogP contribution in [0.3, 0.4) is 0 Å². The Bertz CT molecular complexity index is 1070. The first-order valence-corrected chi connectivity index (χ1v) is 11.0. The standard InChI is InChI=1S/C21H24N4O3S/c1-16-7-9-17(10-8-16)15-25-20(11-13-22)23-24-21(25)29(27,28)14-12-19(26)18-5-3-2-4-6-18/h2-10H,11-15,22H2,1H3. The zero-order chi connectivity index (χ0) is 20.9. The molecule has 1 heterocycles. The van der Waals surface area contributed by atoms with Gasteiger partial charge in [-0.3, -0.25) is 9.36 Å². The third-order valence-corrected chi connectivity index (χ3v) is 6.19. The molecule has 0 bridgehead atoms. The maximum atomic E-state index is 12.9. The fourth-order valence-corrected chi connectivity index (χ4v) is 4.29. The minimum Gasteiger partial charge on any atom is -0.330 e. The quantitative estimate of drug-likeness (QED) is 0.540. The lowest BCUT2D eigenvalue weighted by Crippen LogP contribution is -2.19. The number of carbonyl (C=O) groups excluding carboxylic acids is 1. The van der Waals surface area contributed by atoms with Crippen LogP contribution in [0.4, 0.5) is 0 Å². The summed E-state index contributed by atoms with van der Waals surface area (Å²) in [6, 6.07) is 16.5. The highest BCUT2D eigenvalue weighted by molar-refractivity contribution is 7.91. The van der Waals surface area contributed by atoms with Gasteiger partial charge in [-0.2, -0.15) is 0 Å². The molecule has 0 unspecified atom stereocenters. The molecule has 0 spiro atoms. The van der Waals surface area contributed by atoms with E-state index in [0.717, 1.165) is 11.1 Å². The van der Waals surface area contributed by atoms with Crippen molar-refractivity contribution in [1.82, 2.24) is 14.8 Å². The van der Waals surface area contributed by atoms with Gasteiger partial charge < -0.3 is 5.73 Å². The van der Waals surface area contributed by atoms with Gasteiger partial charge in [0.25, 0.3) is 0 Å². The molecule has 0 atom stereocenters. The number of nitrogens with zero attached hydrogens (tertiary/aromatic N) is 3. The molecular weight excluding hydrogens is 388 g/mol. The Kier molecular flexibility index (Phi) is 6.56. The van der Waals surface area contributed by atoms with Crippen molar-refractivity contribution in [2.75, 3.05) is 12.3 Å². The minimum absolute atomic E-state index is 0.115. The van der Waals surface area contributed by atoms with Crippen LogP contribution in [0.15, 0.2) is 59.8 Å². The van der Waals surface area contributed by atoms with Gasteiger partial charge in [0.1, 0.15) is 5.82 Å².